The number of sulfonamides is 1. The number of esters is 1. The Morgan fingerprint density at radius 3 is 2.29 bits per heavy atom. The highest BCUT2D eigenvalue weighted by Crippen LogP contribution is 2.28. The summed E-state index contributed by atoms with van der Waals surface area (Å²) < 4.78 is 40.2. The monoisotopic (exact) mass is 468 g/mol. The van der Waals surface area contributed by atoms with Gasteiger partial charge in [0.25, 0.3) is 10.0 Å². The van der Waals surface area contributed by atoms with E-state index in [-0.39, 0.29) is 21.6 Å². The third-order valence-corrected chi connectivity index (χ3v) is 6.56. The Kier molecular flexibility index (Phi) is 8.63. The predicted octanol–water partition coefficient (Wildman–Crippen LogP) is 2.36. The quantitative estimate of drug-likeness (QED) is 0.184. The average molecular weight is 469 g/mol. The minimum atomic E-state index is -4.09. The summed E-state index contributed by atoms with van der Waals surface area (Å²) in [5.74, 6) is -0.00563. The topological polar surface area (TPSA) is 129 Å². The van der Waals surface area contributed by atoms with Crippen LogP contribution in [-0.2, 0) is 14.8 Å². The van der Waals surface area contributed by atoms with Crippen molar-refractivity contribution in [2.75, 3.05) is 21.3 Å². The maximum Gasteiger partial charge on any atom is 0.339 e. The molecule has 0 bridgehead atoms. The number of thioether (sulfide) groups is 1. The molecule has 0 aliphatic heterocycles. The van der Waals surface area contributed by atoms with Crippen molar-refractivity contribution in [1.29, 1.82) is 0 Å². The fraction of sp³-hybridized carbons (Fsp3) is 0.368. The van der Waals surface area contributed by atoms with Crippen molar-refractivity contribution < 1.29 is 27.4 Å². The number of carbonyl (C=O) groups excluding carboxylic acids is 1. The minimum absolute atomic E-state index is 0.0707. The lowest BCUT2D eigenvalue weighted by atomic mass is 10.1. The van der Waals surface area contributed by atoms with Gasteiger partial charge in [-0.3, -0.25) is 0 Å². The first-order valence-electron chi connectivity index (χ1n) is 9.07. The summed E-state index contributed by atoms with van der Waals surface area (Å²) in [5.41, 5.74) is -0.0839. The maximum absolute atomic E-state index is 12.7. The van der Waals surface area contributed by atoms with Crippen LogP contribution in [0, 0.1) is 5.92 Å². The number of rotatable bonds is 10. The molecule has 31 heavy (non-hydrogen) atoms. The number of carbonyl (C=O) groups is 1. The average Bonchev–Trinajstić information content (AvgIpc) is 2.77. The number of benzene rings is 1. The zero-order valence-electron chi connectivity index (χ0n) is 17.7. The molecule has 0 saturated carbocycles. The van der Waals surface area contributed by atoms with Gasteiger partial charge in [0.05, 0.1) is 38.2 Å². The van der Waals surface area contributed by atoms with Gasteiger partial charge in [-0.2, -0.15) is 23.5 Å². The van der Waals surface area contributed by atoms with E-state index in [1.807, 2.05) is 13.8 Å². The maximum atomic E-state index is 12.7. The van der Waals surface area contributed by atoms with Gasteiger partial charge in [-0.15, -0.1) is 0 Å². The van der Waals surface area contributed by atoms with Crippen LogP contribution in [0.15, 0.2) is 45.5 Å². The summed E-state index contributed by atoms with van der Waals surface area (Å²) >= 11 is 1.27. The van der Waals surface area contributed by atoms with Crippen LogP contribution in [-0.4, -0.2) is 57.1 Å². The molecule has 1 unspecified atom stereocenters. The Bertz CT molecular complexity index is 1020. The molecule has 0 spiro atoms. The number of hydrazone groups is 1. The fourth-order valence-electron chi connectivity index (χ4n) is 2.31. The van der Waals surface area contributed by atoms with Crippen LogP contribution in [0.1, 0.15) is 24.2 Å². The molecule has 0 aliphatic carbocycles. The summed E-state index contributed by atoms with van der Waals surface area (Å²) in [6.45, 7) is 3.89. The van der Waals surface area contributed by atoms with E-state index in [1.165, 1.54) is 57.5 Å². The Labute approximate surface area is 185 Å². The van der Waals surface area contributed by atoms with Crippen molar-refractivity contribution in [3.63, 3.8) is 0 Å². The van der Waals surface area contributed by atoms with E-state index in [2.05, 4.69) is 24.6 Å². The second-order valence-corrected chi connectivity index (χ2v) is 9.20. The van der Waals surface area contributed by atoms with Crippen molar-refractivity contribution in [1.82, 2.24) is 14.8 Å². The van der Waals surface area contributed by atoms with E-state index >= 15 is 0 Å². The smallest absolute Gasteiger partial charge is 0.339 e. The number of nitrogens with zero attached hydrogens (tertiary/aromatic N) is 3. The Morgan fingerprint density at radius 2 is 1.74 bits per heavy atom. The van der Waals surface area contributed by atoms with Gasteiger partial charge in [-0.25, -0.2) is 9.63 Å². The first kappa shape index (κ1) is 24.4. The van der Waals surface area contributed by atoms with Crippen molar-refractivity contribution in [3.05, 3.63) is 35.9 Å². The molecule has 0 fully saturated rings. The highest BCUT2D eigenvalue weighted by molar-refractivity contribution is 8.00. The van der Waals surface area contributed by atoms with Crippen molar-refractivity contribution in [3.8, 4) is 11.8 Å². The van der Waals surface area contributed by atoms with E-state index in [0.29, 0.717) is 16.9 Å². The number of methoxy groups -OCH3 is 3. The number of aromatic nitrogens is 2. The van der Waals surface area contributed by atoms with Crippen LogP contribution >= 0.6 is 11.8 Å². The molecule has 1 N–H and O–H groups in total. The van der Waals surface area contributed by atoms with Gasteiger partial charge < -0.3 is 14.2 Å². The standard InChI is InChI=1S/C19H24N4O6S2/c1-12(2)14(30-19-21-16(27-3)10-17(22-19)28-4)11-20-23-31(25,26)15-9-7-6-8-13(15)18(24)29-5/h6-12,14,23H,1-5H3/b20-11+. The van der Waals surface area contributed by atoms with E-state index in [1.54, 1.807) is 12.1 Å². The van der Waals surface area contributed by atoms with Crippen LogP contribution in [0.5, 0.6) is 11.8 Å². The van der Waals surface area contributed by atoms with Gasteiger partial charge >= 0.3 is 5.97 Å². The van der Waals surface area contributed by atoms with Gasteiger partial charge in [0, 0.05) is 6.21 Å². The molecule has 1 aromatic carbocycles. The molecular weight excluding hydrogens is 444 g/mol. The van der Waals surface area contributed by atoms with E-state index in [4.69, 9.17) is 9.47 Å². The van der Waals surface area contributed by atoms with E-state index in [0.717, 1.165) is 0 Å². The number of hydrogen-bond acceptors (Lipinski definition) is 10. The summed E-state index contributed by atoms with van der Waals surface area (Å²) in [5, 5.41) is 4.02. The lowest BCUT2D eigenvalue weighted by Crippen LogP contribution is -2.23. The van der Waals surface area contributed by atoms with E-state index in [9.17, 15) is 13.2 Å². The fourth-order valence-corrected chi connectivity index (χ4v) is 4.23. The van der Waals surface area contributed by atoms with Crippen LogP contribution in [0.25, 0.3) is 0 Å². The minimum Gasteiger partial charge on any atom is -0.481 e. The second-order valence-electron chi connectivity index (χ2n) is 6.42. The van der Waals surface area contributed by atoms with Crippen molar-refractivity contribution >= 4 is 34.0 Å². The summed E-state index contributed by atoms with van der Waals surface area (Å²) in [4.78, 5) is 22.3. The van der Waals surface area contributed by atoms with Gasteiger partial charge in [0.1, 0.15) is 4.90 Å². The first-order valence-corrected chi connectivity index (χ1v) is 11.4. The SMILES string of the molecule is COC(=O)c1ccccc1S(=O)(=O)N/N=C/C(Sc1nc(OC)cc(OC)n1)C(C)C. The van der Waals surface area contributed by atoms with Crippen LogP contribution in [0.2, 0.25) is 0 Å². The lowest BCUT2D eigenvalue weighted by Gasteiger charge is -2.15. The molecule has 1 aromatic heterocycles. The molecule has 0 radical (unpaired) electrons. The highest BCUT2D eigenvalue weighted by Gasteiger charge is 2.23. The van der Waals surface area contributed by atoms with Crippen LogP contribution in [0.3, 0.4) is 0 Å². The molecule has 1 heterocycles. The van der Waals surface area contributed by atoms with Gasteiger partial charge in [-0.1, -0.05) is 37.7 Å². The summed E-state index contributed by atoms with van der Waals surface area (Å²) in [6.07, 6.45) is 1.45. The van der Waals surface area contributed by atoms with Crippen molar-refractivity contribution in [2.45, 2.75) is 29.1 Å². The third kappa shape index (κ3) is 6.56. The van der Waals surface area contributed by atoms with Crippen LogP contribution in [0.4, 0.5) is 0 Å². The summed E-state index contributed by atoms with van der Waals surface area (Å²) in [7, 11) is 0.0565. The number of nitrogens with one attached hydrogen (secondary N) is 1. The molecule has 2 rings (SSSR count). The molecule has 0 aliphatic rings. The predicted molar refractivity (Wildman–Crippen MR) is 116 cm³/mol. The van der Waals surface area contributed by atoms with Crippen molar-refractivity contribution in [2.24, 2.45) is 11.0 Å². The zero-order chi connectivity index (χ0) is 23.0. The third-order valence-electron chi connectivity index (χ3n) is 3.95. The molecule has 0 amide bonds. The van der Waals surface area contributed by atoms with Gasteiger partial charge in [0.2, 0.25) is 11.8 Å². The highest BCUT2D eigenvalue weighted by atomic mass is 32.2. The molecule has 2 aromatic rings. The molecule has 168 valence electrons. The summed E-state index contributed by atoms with van der Waals surface area (Å²) in [6, 6.07) is 7.27. The largest absolute Gasteiger partial charge is 0.481 e. The second kappa shape index (κ2) is 11.0. The van der Waals surface area contributed by atoms with Gasteiger partial charge in [0.15, 0.2) is 5.16 Å². The Balaban J connectivity index is 2.22. The molecule has 12 heteroatoms. The number of hydrogen-bond donors (Lipinski definition) is 1. The van der Waals surface area contributed by atoms with Crippen LogP contribution < -0.4 is 14.3 Å². The molecule has 10 nitrogen and oxygen atoms in total. The number of ether oxygens (including phenoxy) is 3. The molecule has 1 atom stereocenters. The normalized spacial score (nSPS) is 12.6. The molecular formula is C19H24N4O6S2. The molecule has 0 saturated heterocycles. The first-order chi connectivity index (χ1) is 14.7. The zero-order valence-corrected chi connectivity index (χ0v) is 19.4. The Hall–Kier alpha value is -2.86. The lowest BCUT2D eigenvalue weighted by molar-refractivity contribution is 0.0596. The van der Waals surface area contributed by atoms with E-state index < -0.39 is 16.0 Å². The Morgan fingerprint density at radius 1 is 1.13 bits per heavy atom. The van der Waals surface area contributed by atoms with Gasteiger partial charge in [-0.05, 0) is 18.1 Å².